The Labute approximate surface area is 172 Å². The highest BCUT2D eigenvalue weighted by atomic mass is 16.5. The van der Waals surface area contributed by atoms with Crippen molar-refractivity contribution in [2.24, 2.45) is 5.92 Å². The maximum Gasteiger partial charge on any atom is 0.259 e. The van der Waals surface area contributed by atoms with Crippen molar-refractivity contribution in [3.63, 3.8) is 0 Å². The number of ether oxygens (including phenoxy) is 2. The third kappa shape index (κ3) is 4.13. The van der Waals surface area contributed by atoms with Gasteiger partial charge < -0.3 is 19.1 Å². The van der Waals surface area contributed by atoms with Gasteiger partial charge >= 0.3 is 0 Å². The van der Waals surface area contributed by atoms with Gasteiger partial charge in [-0.2, -0.15) is 0 Å². The van der Waals surface area contributed by atoms with Gasteiger partial charge in [0.05, 0.1) is 25.8 Å². The van der Waals surface area contributed by atoms with Crippen LogP contribution in [-0.2, 0) is 6.54 Å². The van der Waals surface area contributed by atoms with Gasteiger partial charge in [-0.15, -0.1) is 0 Å². The molecule has 3 rings (SSSR count). The molecule has 0 aliphatic carbocycles. The van der Waals surface area contributed by atoms with E-state index < -0.39 is 0 Å². The van der Waals surface area contributed by atoms with E-state index in [0.29, 0.717) is 29.5 Å². The number of hydrogen-bond donors (Lipinski definition) is 1. The van der Waals surface area contributed by atoms with E-state index in [9.17, 15) is 9.90 Å². The Balaban J connectivity index is 2.19. The molecule has 158 valence electrons. The summed E-state index contributed by atoms with van der Waals surface area (Å²) in [5.74, 6) is 1.97. The van der Waals surface area contributed by atoms with E-state index >= 15 is 0 Å². The summed E-state index contributed by atoms with van der Waals surface area (Å²) in [5.41, 5.74) is 1.97. The van der Waals surface area contributed by atoms with Crippen LogP contribution in [0.5, 0.6) is 17.2 Å². The number of methoxy groups -OCH3 is 2. The molecular weight excluding hydrogens is 368 g/mol. The van der Waals surface area contributed by atoms with E-state index in [2.05, 4.69) is 11.8 Å². The lowest BCUT2D eigenvalue weighted by atomic mass is 9.91. The normalized spacial score (nSPS) is 16.6. The molecule has 0 amide bonds. The lowest BCUT2D eigenvalue weighted by molar-refractivity contribution is 0.154. The standard InChI is InChI=1S/C23H32N2O4/c1-6-25-16(3)13-18(26)21(23(25)27)22(24-11-9-15(2)10-12-24)17-7-8-19(28-4)20(14-17)29-5/h7-8,13-15,22,26H,6,9-12H2,1-5H3/t22-/m0/s1. The maximum atomic E-state index is 13.4. The second-order valence-corrected chi connectivity index (χ2v) is 7.87. The van der Waals surface area contributed by atoms with Crippen LogP contribution in [0.3, 0.4) is 0 Å². The molecule has 6 heteroatoms. The average Bonchev–Trinajstić information content (AvgIpc) is 2.71. The van der Waals surface area contributed by atoms with E-state index in [4.69, 9.17) is 9.47 Å². The second kappa shape index (κ2) is 8.91. The molecule has 0 spiro atoms. The van der Waals surface area contributed by atoms with Crippen LogP contribution in [0.1, 0.15) is 49.6 Å². The number of aryl methyl sites for hydroxylation is 1. The molecule has 0 bridgehead atoms. The zero-order valence-corrected chi connectivity index (χ0v) is 18.1. The molecule has 0 unspecified atom stereocenters. The molecule has 1 aromatic heterocycles. The average molecular weight is 401 g/mol. The summed E-state index contributed by atoms with van der Waals surface area (Å²) < 4.78 is 12.6. The van der Waals surface area contributed by atoms with Crippen LogP contribution >= 0.6 is 0 Å². The van der Waals surface area contributed by atoms with E-state index in [1.165, 1.54) is 0 Å². The number of likely N-dealkylation sites (tertiary alicyclic amines) is 1. The van der Waals surface area contributed by atoms with Crippen molar-refractivity contribution in [1.29, 1.82) is 0 Å². The molecule has 1 fully saturated rings. The van der Waals surface area contributed by atoms with Gasteiger partial charge in [0.25, 0.3) is 5.56 Å². The molecule has 6 nitrogen and oxygen atoms in total. The SMILES string of the molecule is CCn1c(C)cc(O)c([C@H](c2ccc(OC)c(OC)c2)N2CCC(C)CC2)c1=O. The van der Waals surface area contributed by atoms with E-state index in [1.54, 1.807) is 24.9 Å². The minimum atomic E-state index is -0.340. The van der Waals surface area contributed by atoms with Gasteiger partial charge in [-0.25, -0.2) is 0 Å². The molecule has 1 N–H and O–H groups in total. The van der Waals surface area contributed by atoms with Gasteiger partial charge in [-0.3, -0.25) is 9.69 Å². The lowest BCUT2D eigenvalue weighted by Crippen LogP contribution is -2.40. The van der Waals surface area contributed by atoms with E-state index in [1.807, 2.05) is 32.0 Å². The van der Waals surface area contributed by atoms with Gasteiger partial charge in [0.1, 0.15) is 5.75 Å². The van der Waals surface area contributed by atoms with Crippen LogP contribution in [0.4, 0.5) is 0 Å². The fraction of sp³-hybridized carbons (Fsp3) is 0.522. The monoisotopic (exact) mass is 400 g/mol. The topological polar surface area (TPSA) is 63.9 Å². The van der Waals surface area contributed by atoms with Crippen LogP contribution < -0.4 is 15.0 Å². The summed E-state index contributed by atoms with van der Waals surface area (Å²) in [4.78, 5) is 15.7. The summed E-state index contributed by atoms with van der Waals surface area (Å²) in [6.07, 6.45) is 2.14. The van der Waals surface area contributed by atoms with Crippen molar-refractivity contribution in [3.8, 4) is 17.2 Å². The number of benzene rings is 1. The quantitative estimate of drug-likeness (QED) is 0.801. The fourth-order valence-electron chi connectivity index (χ4n) is 4.29. The molecule has 2 aromatic rings. The van der Waals surface area contributed by atoms with Crippen LogP contribution in [-0.4, -0.2) is 41.9 Å². The minimum Gasteiger partial charge on any atom is -0.507 e. The van der Waals surface area contributed by atoms with Crippen molar-refractivity contribution in [3.05, 3.63) is 51.4 Å². The maximum absolute atomic E-state index is 13.4. The summed E-state index contributed by atoms with van der Waals surface area (Å²) in [6, 6.07) is 7.08. The van der Waals surface area contributed by atoms with Crippen LogP contribution in [0.15, 0.2) is 29.1 Å². The third-order valence-corrected chi connectivity index (χ3v) is 6.02. The highest BCUT2D eigenvalue weighted by Crippen LogP contribution is 2.38. The van der Waals surface area contributed by atoms with Gasteiger partial charge in [-0.1, -0.05) is 13.0 Å². The van der Waals surface area contributed by atoms with Crippen molar-refractivity contribution < 1.29 is 14.6 Å². The predicted molar refractivity (Wildman–Crippen MR) is 114 cm³/mol. The van der Waals surface area contributed by atoms with Crippen LogP contribution in [0.2, 0.25) is 0 Å². The molecule has 1 aromatic carbocycles. The summed E-state index contributed by atoms with van der Waals surface area (Å²) in [5, 5.41) is 10.8. The smallest absolute Gasteiger partial charge is 0.259 e. The van der Waals surface area contributed by atoms with Crippen LogP contribution in [0.25, 0.3) is 0 Å². The highest BCUT2D eigenvalue weighted by Gasteiger charge is 2.31. The number of nitrogens with zero attached hydrogens (tertiary/aromatic N) is 2. The van der Waals surface area contributed by atoms with Gasteiger partial charge in [0, 0.05) is 12.2 Å². The predicted octanol–water partition coefficient (Wildman–Crippen LogP) is 3.72. The Morgan fingerprint density at radius 2 is 1.79 bits per heavy atom. The van der Waals surface area contributed by atoms with E-state index in [0.717, 1.165) is 37.2 Å². The van der Waals surface area contributed by atoms with Gasteiger partial charge in [0.2, 0.25) is 0 Å². The summed E-state index contributed by atoms with van der Waals surface area (Å²) in [7, 11) is 3.21. The Morgan fingerprint density at radius 3 is 2.38 bits per heavy atom. The molecule has 0 saturated carbocycles. The Bertz CT molecular complexity index is 914. The Morgan fingerprint density at radius 1 is 1.14 bits per heavy atom. The first-order chi connectivity index (χ1) is 13.9. The molecule has 29 heavy (non-hydrogen) atoms. The molecule has 0 radical (unpaired) electrons. The zero-order chi connectivity index (χ0) is 21.1. The number of rotatable bonds is 6. The van der Waals surface area contributed by atoms with Gasteiger partial charge in [0.15, 0.2) is 11.5 Å². The zero-order valence-electron chi connectivity index (χ0n) is 18.1. The first-order valence-electron chi connectivity index (χ1n) is 10.3. The third-order valence-electron chi connectivity index (χ3n) is 6.02. The van der Waals surface area contributed by atoms with Gasteiger partial charge in [-0.05, 0) is 69.5 Å². The number of hydrogen-bond acceptors (Lipinski definition) is 5. The molecule has 2 heterocycles. The van der Waals surface area contributed by atoms with Crippen molar-refractivity contribution in [2.45, 2.75) is 46.2 Å². The largest absolute Gasteiger partial charge is 0.507 e. The molecule has 1 aliphatic rings. The van der Waals surface area contributed by atoms with Crippen molar-refractivity contribution in [1.82, 2.24) is 9.47 Å². The van der Waals surface area contributed by atoms with Crippen molar-refractivity contribution >= 4 is 0 Å². The second-order valence-electron chi connectivity index (χ2n) is 7.87. The van der Waals surface area contributed by atoms with Crippen LogP contribution in [0, 0.1) is 12.8 Å². The highest BCUT2D eigenvalue weighted by molar-refractivity contribution is 5.48. The lowest BCUT2D eigenvalue weighted by Gasteiger charge is -2.37. The first kappa shape index (κ1) is 21.2. The molecule has 1 aliphatic heterocycles. The number of piperidine rings is 1. The summed E-state index contributed by atoms with van der Waals surface area (Å²) >= 11 is 0. The van der Waals surface area contributed by atoms with Crippen molar-refractivity contribution in [2.75, 3.05) is 27.3 Å². The number of pyridine rings is 1. The fourth-order valence-corrected chi connectivity index (χ4v) is 4.29. The number of aromatic hydroxyl groups is 1. The molecule has 1 saturated heterocycles. The molecule has 1 atom stereocenters. The Hall–Kier alpha value is -2.47. The molecular formula is C23H32N2O4. The first-order valence-corrected chi connectivity index (χ1v) is 10.3. The minimum absolute atomic E-state index is 0.0515. The summed E-state index contributed by atoms with van der Waals surface area (Å²) in [6.45, 7) is 8.37. The number of aromatic nitrogens is 1. The van der Waals surface area contributed by atoms with E-state index in [-0.39, 0.29) is 17.4 Å². The Kier molecular flexibility index (Phi) is 6.52.